The van der Waals surface area contributed by atoms with E-state index in [-0.39, 0.29) is 36.1 Å². The molecule has 10 heteroatoms. The highest BCUT2D eigenvalue weighted by Crippen LogP contribution is 2.43. The zero-order chi connectivity index (χ0) is 31.0. The molecule has 44 heavy (non-hydrogen) atoms. The van der Waals surface area contributed by atoms with E-state index in [0.717, 1.165) is 0 Å². The zero-order valence-corrected chi connectivity index (χ0v) is 25.5. The van der Waals surface area contributed by atoms with Crippen LogP contribution in [0.15, 0.2) is 119 Å². The highest BCUT2D eigenvalue weighted by Gasteiger charge is 2.53. The van der Waals surface area contributed by atoms with Crippen molar-refractivity contribution in [3.05, 3.63) is 131 Å². The van der Waals surface area contributed by atoms with Gasteiger partial charge in [0.05, 0.1) is 17.3 Å². The van der Waals surface area contributed by atoms with Crippen molar-refractivity contribution in [3.8, 4) is 5.75 Å². The van der Waals surface area contributed by atoms with Crippen molar-refractivity contribution in [3.63, 3.8) is 0 Å². The number of hydrogen-bond acceptors (Lipinski definition) is 7. The molecule has 0 fully saturated rings. The van der Waals surface area contributed by atoms with Gasteiger partial charge < -0.3 is 19.9 Å². The van der Waals surface area contributed by atoms with Gasteiger partial charge in [-0.15, -0.1) is 0 Å². The largest absolute Gasteiger partial charge is 0.494 e. The monoisotopic (exact) mass is 632 g/mol. The van der Waals surface area contributed by atoms with Gasteiger partial charge >= 0.3 is 0 Å². The van der Waals surface area contributed by atoms with E-state index in [1.165, 1.54) is 12.1 Å². The number of benzene rings is 4. The van der Waals surface area contributed by atoms with Crippen LogP contribution in [0.2, 0.25) is 5.02 Å². The van der Waals surface area contributed by atoms with E-state index >= 15 is 0 Å². The summed E-state index contributed by atoms with van der Waals surface area (Å²) in [5.41, 5.74) is 0.383. The fraction of sp³-hybridized carbons (Fsp3) is 0.235. The second kappa shape index (κ2) is 14.1. The summed E-state index contributed by atoms with van der Waals surface area (Å²) in [6, 6.07) is 31.6. The molecule has 0 saturated carbocycles. The number of carbonyl (C=O) groups excluding carboxylic acids is 1. The summed E-state index contributed by atoms with van der Waals surface area (Å²) in [7, 11) is -3.76. The fourth-order valence-corrected chi connectivity index (χ4v) is 6.59. The van der Waals surface area contributed by atoms with Crippen LogP contribution >= 0.6 is 11.6 Å². The average Bonchev–Trinajstić information content (AvgIpc) is 3.46. The lowest BCUT2D eigenvalue weighted by molar-refractivity contribution is -0.129. The molecule has 4 aromatic rings. The number of ether oxygens (including phenoxy) is 2. The lowest BCUT2D eigenvalue weighted by Gasteiger charge is -2.30. The molecular weight excluding hydrogens is 600 g/mol. The van der Waals surface area contributed by atoms with Crippen LogP contribution in [-0.2, 0) is 25.9 Å². The lowest BCUT2D eigenvalue weighted by Crippen LogP contribution is -2.49. The SMILES string of the molecule is O=C(NCc1ccccc1Cl)[C@]1(CCS(=O)(=O)c2ccccc2)N=C(c2ccc(OCCCO)cc2)O[C@@H]1c1ccccc1. The fourth-order valence-electron chi connectivity index (χ4n) is 5.00. The predicted molar refractivity (Wildman–Crippen MR) is 170 cm³/mol. The quantitative estimate of drug-likeness (QED) is 0.187. The van der Waals surface area contributed by atoms with E-state index in [2.05, 4.69) is 5.32 Å². The number of amides is 1. The molecular formula is C34H33ClN2O6S. The smallest absolute Gasteiger partial charge is 0.252 e. The number of hydrogen-bond donors (Lipinski definition) is 2. The van der Waals surface area contributed by atoms with E-state index in [0.29, 0.717) is 40.5 Å². The summed E-state index contributed by atoms with van der Waals surface area (Å²) in [5.74, 6) is 0.00910. The maximum absolute atomic E-state index is 14.3. The molecule has 1 amide bonds. The first-order valence-electron chi connectivity index (χ1n) is 14.3. The maximum atomic E-state index is 14.3. The van der Waals surface area contributed by atoms with Crippen molar-refractivity contribution in [2.24, 2.45) is 4.99 Å². The summed E-state index contributed by atoms with van der Waals surface area (Å²) in [6.07, 6.45) is -0.533. The molecule has 0 saturated heterocycles. The van der Waals surface area contributed by atoms with Crippen molar-refractivity contribution in [2.45, 2.75) is 35.9 Å². The van der Waals surface area contributed by atoms with Crippen LogP contribution in [0.1, 0.15) is 35.6 Å². The Bertz CT molecular complexity index is 1700. The second-order valence-corrected chi connectivity index (χ2v) is 12.9. The van der Waals surface area contributed by atoms with Crippen LogP contribution in [0.4, 0.5) is 0 Å². The summed E-state index contributed by atoms with van der Waals surface area (Å²) in [4.78, 5) is 19.4. The average molecular weight is 633 g/mol. The van der Waals surface area contributed by atoms with Crippen molar-refractivity contribution in [1.29, 1.82) is 0 Å². The Morgan fingerprint density at radius 3 is 2.27 bits per heavy atom. The van der Waals surface area contributed by atoms with E-state index < -0.39 is 27.4 Å². The Labute approximate surface area is 262 Å². The Balaban J connectivity index is 1.53. The number of carbonyl (C=O) groups is 1. The number of aliphatic hydroxyl groups is 1. The first-order chi connectivity index (χ1) is 21.3. The van der Waals surface area contributed by atoms with Gasteiger partial charge in [0.1, 0.15) is 5.75 Å². The lowest BCUT2D eigenvalue weighted by atomic mass is 9.85. The molecule has 228 valence electrons. The van der Waals surface area contributed by atoms with E-state index in [9.17, 15) is 13.2 Å². The second-order valence-electron chi connectivity index (χ2n) is 10.4. The summed E-state index contributed by atoms with van der Waals surface area (Å²) in [5, 5.41) is 12.5. The van der Waals surface area contributed by atoms with Crippen LogP contribution < -0.4 is 10.1 Å². The first kappa shape index (κ1) is 31.3. The molecule has 0 unspecified atom stereocenters. The van der Waals surface area contributed by atoms with Gasteiger partial charge in [-0.2, -0.15) is 0 Å². The standard InChI is InChI=1S/C34H33ClN2O6S/c35-30-15-8-7-12-27(30)24-36-33(39)34(20-23-44(40,41)29-13-5-2-6-14-29)31(25-10-3-1-4-11-25)43-32(37-34)26-16-18-28(19-17-26)42-22-9-21-38/h1-8,10-19,31,38H,9,20-24H2,(H,36,39)/t31-,34-/m1/s1. The minimum atomic E-state index is -3.76. The molecule has 8 nitrogen and oxygen atoms in total. The maximum Gasteiger partial charge on any atom is 0.252 e. The van der Waals surface area contributed by atoms with Crippen LogP contribution in [0.3, 0.4) is 0 Å². The number of halogens is 1. The number of sulfone groups is 1. The van der Waals surface area contributed by atoms with Crippen LogP contribution in [0.5, 0.6) is 5.75 Å². The molecule has 0 spiro atoms. The van der Waals surface area contributed by atoms with E-state index in [4.69, 9.17) is 31.2 Å². The summed E-state index contributed by atoms with van der Waals surface area (Å²) in [6.45, 7) is 0.524. The minimum absolute atomic E-state index is 0.0320. The highest BCUT2D eigenvalue weighted by atomic mass is 35.5. The minimum Gasteiger partial charge on any atom is -0.494 e. The molecule has 4 aromatic carbocycles. The van der Waals surface area contributed by atoms with Gasteiger partial charge in [-0.3, -0.25) is 4.79 Å². The van der Waals surface area contributed by atoms with Crippen LogP contribution in [0.25, 0.3) is 0 Å². The van der Waals surface area contributed by atoms with Gasteiger partial charge in [0, 0.05) is 36.6 Å². The van der Waals surface area contributed by atoms with Gasteiger partial charge in [-0.1, -0.05) is 78.3 Å². The Morgan fingerprint density at radius 2 is 1.59 bits per heavy atom. The zero-order valence-electron chi connectivity index (χ0n) is 23.9. The van der Waals surface area contributed by atoms with E-state index in [1.54, 1.807) is 54.6 Å². The summed E-state index contributed by atoms with van der Waals surface area (Å²) < 4.78 is 39.0. The predicted octanol–water partition coefficient (Wildman–Crippen LogP) is 5.54. The molecule has 0 radical (unpaired) electrons. The molecule has 1 aliphatic heterocycles. The first-order valence-corrected chi connectivity index (χ1v) is 16.3. The number of rotatable bonds is 13. The topological polar surface area (TPSA) is 114 Å². The molecule has 2 N–H and O–H groups in total. The number of nitrogens with one attached hydrogen (secondary N) is 1. The van der Waals surface area contributed by atoms with Gasteiger partial charge in [-0.05, 0) is 53.6 Å². The third-order valence-electron chi connectivity index (χ3n) is 7.38. The van der Waals surface area contributed by atoms with Crippen LogP contribution in [0, 0.1) is 0 Å². The molecule has 1 heterocycles. The molecule has 1 aliphatic rings. The molecule has 0 aromatic heterocycles. The van der Waals surface area contributed by atoms with E-state index in [1.807, 2.05) is 42.5 Å². The van der Waals surface area contributed by atoms with Crippen molar-refractivity contribution in [1.82, 2.24) is 5.32 Å². The normalized spacial score (nSPS) is 17.9. The number of aliphatic imine (C=N–C) groups is 1. The molecule has 2 atom stereocenters. The van der Waals surface area contributed by atoms with Gasteiger partial charge in [0.2, 0.25) is 5.90 Å². The highest BCUT2D eigenvalue weighted by molar-refractivity contribution is 7.91. The molecule has 0 aliphatic carbocycles. The Hall–Kier alpha value is -4.18. The third kappa shape index (κ3) is 7.13. The number of nitrogens with zero attached hydrogens (tertiary/aromatic N) is 1. The Kier molecular flexibility index (Phi) is 9.99. The molecule has 5 rings (SSSR count). The Morgan fingerprint density at radius 1 is 0.932 bits per heavy atom. The van der Waals surface area contributed by atoms with Crippen molar-refractivity contribution in [2.75, 3.05) is 19.0 Å². The van der Waals surface area contributed by atoms with Crippen molar-refractivity contribution < 1.29 is 27.8 Å². The summed E-state index contributed by atoms with van der Waals surface area (Å²) >= 11 is 6.37. The molecule has 0 bridgehead atoms. The van der Waals surface area contributed by atoms with Gasteiger partial charge in [0.25, 0.3) is 5.91 Å². The van der Waals surface area contributed by atoms with Gasteiger partial charge in [-0.25, -0.2) is 13.4 Å². The van der Waals surface area contributed by atoms with Gasteiger partial charge in [0.15, 0.2) is 21.5 Å². The van der Waals surface area contributed by atoms with Crippen molar-refractivity contribution >= 4 is 33.2 Å². The van der Waals surface area contributed by atoms with Crippen LogP contribution in [-0.4, -0.2) is 49.8 Å². The third-order valence-corrected chi connectivity index (χ3v) is 9.48. The number of aliphatic hydroxyl groups excluding tert-OH is 1.